The van der Waals surface area contributed by atoms with Gasteiger partial charge in [-0.15, -0.1) is 0 Å². The van der Waals surface area contributed by atoms with Crippen LogP contribution in [0.3, 0.4) is 0 Å². The summed E-state index contributed by atoms with van der Waals surface area (Å²) in [6.45, 7) is 0.473. The van der Waals surface area contributed by atoms with Crippen molar-refractivity contribution in [2.45, 2.75) is 19.1 Å². The van der Waals surface area contributed by atoms with Gasteiger partial charge in [0.15, 0.2) is 5.82 Å². The lowest BCUT2D eigenvalue weighted by molar-refractivity contribution is 0.306. The van der Waals surface area contributed by atoms with Crippen molar-refractivity contribution < 1.29 is 13.5 Å². The number of hydrazone groups is 1. The molecular formula is C28H21ClF2N2O. The third kappa shape index (κ3) is 4.80. The topological polar surface area (TPSA) is 24.8 Å². The van der Waals surface area contributed by atoms with Gasteiger partial charge in [-0.1, -0.05) is 66.2 Å². The van der Waals surface area contributed by atoms with Crippen molar-refractivity contribution in [3.05, 3.63) is 130 Å². The van der Waals surface area contributed by atoms with Crippen LogP contribution >= 0.6 is 11.6 Å². The number of anilines is 1. The van der Waals surface area contributed by atoms with Gasteiger partial charge in [0.2, 0.25) is 0 Å². The molecule has 3 nitrogen and oxygen atoms in total. The monoisotopic (exact) mass is 474 g/mol. The third-order valence-electron chi connectivity index (χ3n) is 5.76. The van der Waals surface area contributed by atoms with Crippen LogP contribution in [0, 0.1) is 11.6 Å². The maximum atomic E-state index is 14.7. The van der Waals surface area contributed by atoms with E-state index in [2.05, 4.69) is 0 Å². The molecule has 0 aromatic heterocycles. The Morgan fingerprint density at radius 2 is 1.62 bits per heavy atom. The summed E-state index contributed by atoms with van der Waals surface area (Å²) in [5, 5.41) is 6.97. The molecule has 0 aliphatic carbocycles. The SMILES string of the molecule is Fc1ccc(N2N=C(c3ccc(Cl)cc3)C[C@H]2c2ccc(OCc3ccccc3)cc2)c(F)c1. The van der Waals surface area contributed by atoms with Gasteiger partial charge >= 0.3 is 0 Å². The Morgan fingerprint density at radius 3 is 2.32 bits per heavy atom. The molecule has 0 saturated carbocycles. The van der Waals surface area contributed by atoms with E-state index < -0.39 is 11.6 Å². The number of hydrogen-bond acceptors (Lipinski definition) is 3. The van der Waals surface area contributed by atoms with Crippen molar-refractivity contribution in [3.8, 4) is 5.75 Å². The highest BCUT2D eigenvalue weighted by molar-refractivity contribution is 6.30. The van der Waals surface area contributed by atoms with Crippen molar-refractivity contribution >= 4 is 23.0 Å². The van der Waals surface area contributed by atoms with E-state index in [-0.39, 0.29) is 11.7 Å². The molecule has 1 atom stereocenters. The molecule has 0 amide bonds. The van der Waals surface area contributed by atoms with Crippen LogP contribution < -0.4 is 9.75 Å². The zero-order valence-corrected chi connectivity index (χ0v) is 18.9. The summed E-state index contributed by atoms with van der Waals surface area (Å²) in [5.41, 5.74) is 3.96. The second-order valence-electron chi connectivity index (χ2n) is 8.06. The van der Waals surface area contributed by atoms with Crippen LogP contribution in [0.4, 0.5) is 14.5 Å². The fourth-order valence-electron chi connectivity index (χ4n) is 4.00. The Balaban J connectivity index is 1.42. The molecule has 4 aromatic carbocycles. The van der Waals surface area contributed by atoms with Crippen LogP contribution in [-0.2, 0) is 6.61 Å². The van der Waals surface area contributed by atoms with Crippen molar-refractivity contribution in [1.29, 1.82) is 0 Å². The number of rotatable bonds is 6. The molecule has 6 heteroatoms. The first-order chi connectivity index (χ1) is 16.6. The molecule has 0 unspecified atom stereocenters. The highest BCUT2D eigenvalue weighted by atomic mass is 35.5. The molecule has 0 spiro atoms. The molecule has 34 heavy (non-hydrogen) atoms. The maximum Gasteiger partial charge on any atom is 0.151 e. The van der Waals surface area contributed by atoms with Gasteiger partial charge in [0, 0.05) is 17.5 Å². The minimum absolute atomic E-state index is 0.222. The van der Waals surface area contributed by atoms with E-state index in [4.69, 9.17) is 21.4 Å². The highest BCUT2D eigenvalue weighted by Crippen LogP contribution is 2.38. The van der Waals surface area contributed by atoms with Gasteiger partial charge in [-0.25, -0.2) is 8.78 Å². The quantitative estimate of drug-likeness (QED) is 0.288. The molecule has 170 valence electrons. The summed E-state index contributed by atoms with van der Waals surface area (Å²) in [5.74, 6) is -0.545. The number of hydrogen-bond donors (Lipinski definition) is 0. The Kier molecular flexibility index (Phi) is 6.28. The summed E-state index contributed by atoms with van der Waals surface area (Å²) in [6.07, 6.45) is 0.558. The Hall–Kier alpha value is -3.70. The Morgan fingerprint density at radius 1 is 0.882 bits per heavy atom. The molecule has 0 fully saturated rings. The van der Waals surface area contributed by atoms with Crippen LogP contribution in [0.2, 0.25) is 5.02 Å². The second kappa shape index (κ2) is 9.65. The van der Waals surface area contributed by atoms with Crippen LogP contribution in [0.5, 0.6) is 5.75 Å². The molecule has 5 rings (SSSR count). The van der Waals surface area contributed by atoms with E-state index in [1.807, 2.05) is 66.7 Å². The van der Waals surface area contributed by atoms with Crippen LogP contribution in [0.25, 0.3) is 0 Å². The Bertz CT molecular complexity index is 1310. The van der Waals surface area contributed by atoms with E-state index in [1.165, 1.54) is 12.1 Å². The third-order valence-corrected chi connectivity index (χ3v) is 6.01. The van der Waals surface area contributed by atoms with Gasteiger partial charge in [0.1, 0.15) is 18.2 Å². The minimum Gasteiger partial charge on any atom is -0.489 e. The minimum atomic E-state index is -0.658. The van der Waals surface area contributed by atoms with E-state index in [9.17, 15) is 8.78 Å². The molecule has 1 aliphatic rings. The molecule has 0 bridgehead atoms. The smallest absolute Gasteiger partial charge is 0.151 e. The van der Waals surface area contributed by atoms with E-state index >= 15 is 0 Å². The van der Waals surface area contributed by atoms with E-state index in [0.717, 1.165) is 34.2 Å². The largest absolute Gasteiger partial charge is 0.489 e. The molecule has 0 radical (unpaired) electrons. The lowest BCUT2D eigenvalue weighted by Gasteiger charge is -2.24. The summed E-state index contributed by atoms with van der Waals surface area (Å²) in [4.78, 5) is 0. The summed E-state index contributed by atoms with van der Waals surface area (Å²) >= 11 is 6.04. The van der Waals surface area contributed by atoms with Crippen LogP contribution in [0.1, 0.15) is 29.2 Å². The second-order valence-corrected chi connectivity index (χ2v) is 8.49. The molecule has 0 N–H and O–H groups in total. The maximum absolute atomic E-state index is 14.7. The first-order valence-corrected chi connectivity index (χ1v) is 11.3. The molecule has 1 aliphatic heterocycles. The van der Waals surface area contributed by atoms with Crippen molar-refractivity contribution in [2.75, 3.05) is 5.01 Å². The number of nitrogens with zero attached hydrogens (tertiary/aromatic N) is 2. The van der Waals surface area contributed by atoms with Gasteiger partial charge in [-0.2, -0.15) is 5.10 Å². The lowest BCUT2D eigenvalue weighted by atomic mass is 9.98. The van der Waals surface area contributed by atoms with Gasteiger partial charge in [-0.3, -0.25) is 5.01 Å². The number of benzene rings is 4. The summed E-state index contributed by atoms with van der Waals surface area (Å²) in [6, 6.07) is 28.3. The standard InChI is InChI=1S/C28H21ClF2N2O/c29-22-10-6-20(7-11-22)26-17-28(33(32-26)27-15-12-23(30)16-25(27)31)21-8-13-24(14-9-21)34-18-19-4-2-1-3-5-19/h1-16,28H,17-18H2/t28-/m0/s1. The average Bonchev–Trinajstić information content (AvgIpc) is 3.29. The first kappa shape index (κ1) is 22.1. The summed E-state index contributed by atoms with van der Waals surface area (Å²) in [7, 11) is 0. The molecule has 0 saturated heterocycles. The highest BCUT2D eigenvalue weighted by Gasteiger charge is 2.31. The predicted molar refractivity (Wildman–Crippen MR) is 131 cm³/mol. The van der Waals surface area contributed by atoms with Gasteiger partial charge in [-0.05, 0) is 53.1 Å². The zero-order chi connectivity index (χ0) is 23.5. The van der Waals surface area contributed by atoms with Crippen molar-refractivity contribution in [3.63, 3.8) is 0 Å². The number of halogens is 3. The molecule has 1 heterocycles. The first-order valence-electron chi connectivity index (χ1n) is 10.9. The Labute approximate surface area is 201 Å². The van der Waals surface area contributed by atoms with E-state index in [0.29, 0.717) is 18.1 Å². The van der Waals surface area contributed by atoms with Crippen molar-refractivity contribution in [2.24, 2.45) is 5.10 Å². The average molecular weight is 475 g/mol. The van der Waals surface area contributed by atoms with Gasteiger partial charge in [0.05, 0.1) is 17.4 Å². The summed E-state index contributed by atoms with van der Waals surface area (Å²) < 4.78 is 34.2. The number of ether oxygens (including phenoxy) is 1. The van der Waals surface area contributed by atoms with Gasteiger partial charge in [0.25, 0.3) is 0 Å². The lowest BCUT2D eigenvalue weighted by Crippen LogP contribution is -2.19. The van der Waals surface area contributed by atoms with Crippen LogP contribution in [-0.4, -0.2) is 5.71 Å². The van der Waals surface area contributed by atoms with Crippen molar-refractivity contribution in [1.82, 2.24) is 0 Å². The van der Waals surface area contributed by atoms with E-state index in [1.54, 1.807) is 17.1 Å². The fourth-order valence-corrected chi connectivity index (χ4v) is 4.13. The zero-order valence-electron chi connectivity index (χ0n) is 18.2. The van der Waals surface area contributed by atoms with Gasteiger partial charge < -0.3 is 4.74 Å². The predicted octanol–water partition coefficient (Wildman–Crippen LogP) is 7.55. The van der Waals surface area contributed by atoms with Crippen LogP contribution in [0.15, 0.2) is 102 Å². The normalized spacial score (nSPS) is 15.3. The molecule has 4 aromatic rings. The fraction of sp³-hybridized carbons (Fsp3) is 0.107. The molecular weight excluding hydrogens is 454 g/mol.